The monoisotopic (exact) mass is 138 g/mol. The molecule has 4 heteroatoms. The molecule has 0 aliphatic heterocycles. The molecule has 0 aromatic carbocycles. The van der Waals surface area contributed by atoms with Crippen LogP contribution in [0.3, 0.4) is 0 Å². The van der Waals surface area contributed by atoms with Crippen LogP contribution >= 0.6 is 11.5 Å². The molecule has 0 amide bonds. The minimum absolute atomic E-state index is 0.356. The Balaban J connectivity index is 2.93. The zero-order valence-electron chi connectivity index (χ0n) is 4.37. The van der Waals surface area contributed by atoms with Crippen LogP contribution < -0.4 is 0 Å². The van der Waals surface area contributed by atoms with Crippen LogP contribution in [-0.4, -0.2) is 15.4 Å². The molecule has 0 saturated heterocycles. The molecule has 44 valence electrons. The van der Waals surface area contributed by atoms with Crippen molar-refractivity contribution < 1.29 is 4.79 Å². The summed E-state index contributed by atoms with van der Waals surface area (Å²) in [5.41, 5.74) is 0. The van der Waals surface area contributed by atoms with Gasteiger partial charge >= 0.3 is 0 Å². The van der Waals surface area contributed by atoms with E-state index < -0.39 is 0 Å². The van der Waals surface area contributed by atoms with Crippen molar-refractivity contribution in [1.29, 1.82) is 0 Å². The van der Waals surface area contributed by atoms with E-state index in [-0.39, 0.29) is 5.78 Å². The van der Waals surface area contributed by atoms with Crippen LogP contribution in [-0.2, 0) is 0 Å². The minimum atomic E-state index is -0.356. The van der Waals surface area contributed by atoms with E-state index in [2.05, 4.69) is 9.59 Å². The number of rotatable bonds is 1. The Hall–Kier alpha value is -1.21. The maximum Gasteiger partial charge on any atom is 0.248 e. The second-order valence-electron chi connectivity index (χ2n) is 1.26. The van der Waals surface area contributed by atoms with Crippen LogP contribution in [0.5, 0.6) is 0 Å². The van der Waals surface area contributed by atoms with Gasteiger partial charge in [-0.05, 0) is 17.5 Å². The lowest BCUT2D eigenvalue weighted by Crippen LogP contribution is -1.87. The molecule has 1 aromatic rings. The van der Waals surface area contributed by atoms with E-state index >= 15 is 0 Å². The molecule has 0 N–H and O–H groups in total. The van der Waals surface area contributed by atoms with E-state index in [4.69, 9.17) is 6.42 Å². The Morgan fingerprint density at radius 3 is 3.11 bits per heavy atom. The van der Waals surface area contributed by atoms with Gasteiger partial charge in [-0.2, -0.15) is 0 Å². The van der Waals surface area contributed by atoms with Gasteiger partial charge in [0.05, 0.1) is 6.20 Å². The number of nitrogens with zero attached hydrogens (tertiary/aromatic N) is 2. The highest BCUT2D eigenvalue weighted by Gasteiger charge is 2.02. The van der Waals surface area contributed by atoms with Crippen LogP contribution in [0.4, 0.5) is 0 Å². The van der Waals surface area contributed by atoms with Crippen LogP contribution in [0.25, 0.3) is 0 Å². The average molecular weight is 138 g/mol. The molecular formula is C5H2N2OS. The van der Waals surface area contributed by atoms with Crippen molar-refractivity contribution in [3.8, 4) is 12.3 Å². The van der Waals surface area contributed by atoms with Crippen molar-refractivity contribution in [2.75, 3.05) is 0 Å². The number of carbonyl (C=O) groups excluding carboxylic acids is 1. The number of hydrogen-bond donors (Lipinski definition) is 0. The predicted octanol–water partition coefficient (Wildman–Crippen LogP) is 0.354. The van der Waals surface area contributed by atoms with E-state index in [0.717, 1.165) is 11.5 Å². The molecule has 9 heavy (non-hydrogen) atoms. The Labute approximate surface area is 55.9 Å². The summed E-state index contributed by atoms with van der Waals surface area (Å²) in [5, 5.41) is 3.44. The molecule has 0 aliphatic carbocycles. The maximum atomic E-state index is 10.6. The number of Topliss-reactive ketones (excluding diaryl/α,β-unsaturated/α-hetero) is 1. The Bertz CT molecular complexity index is 246. The first-order valence-corrected chi connectivity index (χ1v) is 2.90. The third kappa shape index (κ3) is 1.12. The topological polar surface area (TPSA) is 42.9 Å². The summed E-state index contributed by atoms with van der Waals surface area (Å²) >= 11 is 1.00. The lowest BCUT2D eigenvalue weighted by molar-refractivity contribution is 0.106. The molecule has 1 aromatic heterocycles. The fourth-order valence-electron chi connectivity index (χ4n) is 0.338. The Morgan fingerprint density at radius 2 is 2.67 bits per heavy atom. The van der Waals surface area contributed by atoms with Crippen molar-refractivity contribution in [3.63, 3.8) is 0 Å². The highest BCUT2D eigenvalue weighted by Crippen LogP contribution is 2.00. The van der Waals surface area contributed by atoms with Gasteiger partial charge in [0.1, 0.15) is 4.88 Å². The molecule has 0 saturated carbocycles. The first kappa shape index (κ1) is 5.92. The molecule has 3 nitrogen and oxygen atoms in total. The van der Waals surface area contributed by atoms with E-state index in [0.29, 0.717) is 4.88 Å². The SMILES string of the molecule is C#CC(=O)c1cnns1. The number of carbonyl (C=O) groups is 1. The maximum absolute atomic E-state index is 10.6. The standard InChI is InChI=1S/C5H2N2OS/c1-2-4(8)5-3-6-7-9-5/h1,3H. The number of aromatic nitrogens is 2. The number of ketones is 1. The summed E-state index contributed by atoms with van der Waals surface area (Å²) in [5.74, 6) is 1.60. The number of terminal acetylenes is 1. The van der Waals surface area contributed by atoms with E-state index in [1.54, 1.807) is 0 Å². The zero-order chi connectivity index (χ0) is 6.69. The van der Waals surface area contributed by atoms with Gasteiger partial charge in [0.2, 0.25) is 5.78 Å². The van der Waals surface area contributed by atoms with E-state index in [1.165, 1.54) is 6.20 Å². The van der Waals surface area contributed by atoms with Gasteiger partial charge in [-0.3, -0.25) is 4.79 Å². The summed E-state index contributed by atoms with van der Waals surface area (Å²) in [6, 6.07) is 0. The van der Waals surface area contributed by atoms with Gasteiger partial charge in [-0.15, -0.1) is 11.5 Å². The molecule has 1 heterocycles. The average Bonchev–Trinajstić information content (AvgIpc) is 2.37. The van der Waals surface area contributed by atoms with Crippen LogP contribution in [0.15, 0.2) is 6.20 Å². The van der Waals surface area contributed by atoms with Gasteiger partial charge in [0.15, 0.2) is 0 Å². The molecule has 0 bridgehead atoms. The molecule has 0 spiro atoms. The molecule has 0 aliphatic rings. The third-order valence-electron chi connectivity index (χ3n) is 0.716. The molecule has 0 fully saturated rings. The Kier molecular flexibility index (Phi) is 1.56. The summed E-state index contributed by atoms with van der Waals surface area (Å²) < 4.78 is 3.47. The van der Waals surface area contributed by atoms with E-state index in [9.17, 15) is 4.79 Å². The van der Waals surface area contributed by atoms with Crippen LogP contribution in [0, 0.1) is 12.3 Å². The first-order valence-electron chi connectivity index (χ1n) is 2.13. The summed E-state index contributed by atoms with van der Waals surface area (Å²) in [7, 11) is 0. The van der Waals surface area contributed by atoms with Crippen molar-refractivity contribution in [3.05, 3.63) is 11.1 Å². The highest BCUT2D eigenvalue weighted by atomic mass is 32.1. The van der Waals surface area contributed by atoms with E-state index in [1.807, 2.05) is 5.92 Å². The quantitative estimate of drug-likeness (QED) is 0.319. The van der Waals surface area contributed by atoms with Crippen molar-refractivity contribution in [2.45, 2.75) is 0 Å². The fraction of sp³-hybridized carbons (Fsp3) is 0. The van der Waals surface area contributed by atoms with Crippen molar-refractivity contribution >= 4 is 17.3 Å². The largest absolute Gasteiger partial charge is 0.278 e. The van der Waals surface area contributed by atoms with Gasteiger partial charge in [-0.25, -0.2) is 0 Å². The summed E-state index contributed by atoms with van der Waals surface area (Å²) in [4.78, 5) is 11.0. The van der Waals surface area contributed by atoms with Gasteiger partial charge < -0.3 is 0 Å². The highest BCUT2D eigenvalue weighted by molar-refractivity contribution is 7.08. The summed E-state index contributed by atoms with van der Waals surface area (Å²) in [6.07, 6.45) is 6.17. The molecule has 1 rings (SSSR count). The van der Waals surface area contributed by atoms with Crippen molar-refractivity contribution in [2.24, 2.45) is 0 Å². The predicted molar refractivity (Wildman–Crippen MR) is 33.1 cm³/mol. The zero-order valence-corrected chi connectivity index (χ0v) is 5.18. The molecule has 0 atom stereocenters. The minimum Gasteiger partial charge on any atom is -0.278 e. The molecule has 0 radical (unpaired) electrons. The smallest absolute Gasteiger partial charge is 0.248 e. The lowest BCUT2D eigenvalue weighted by atomic mass is 10.4. The molecule has 0 unspecified atom stereocenters. The van der Waals surface area contributed by atoms with Gasteiger partial charge in [0.25, 0.3) is 0 Å². The van der Waals surface area contributed by atoms with Crippen LogP contribution in [0.2, 0.25) is 0 Å². The Morgan fingerprint density at radius 1 is 1.89 bits per heavy atom. The second kappa shape index (κ2) is 2.37. The summed E-state index contributed by atoms with van der Waals surface area (Å²) in [6.45, 7) is 0. The normalized spacial score (nSPS) is 8.33. The lowest BCUT2D eigenvalue weighted by Gasteiger charge is -1.75. The fourth-order valence-corrected chi connectivity index (χ4v) is 0.757. The first-order chi connectivity index (χ1) is 4.34. The van der Waals surface area contributed by atoms with Gasteiger partial charge in [0, 0.05) is 0 Å². The third-order valence-corrected chi connectivity index (χ3v) is 1.38. The van der Waals surface area contributed by atoms with Gasteiger partial charge in [-0.1, -0.05) is 4.49 Å². The molecular weight excluding hydrogens is 136 g/mol. The van der Waals surface area contributed by atoms with Crippen LogP contribution in [0.1, 0.15) is 9.67 Å². The number of hydrogen-bond acceptors (Lipinski definition) is 4. The van der Waals surface area contributed by atoms with Crippen molar-refractivity contribution in [1.82, 2.24) is 9.59 Å². The second-order valence-corrected chi connectivity index (χ2v) is 2.04.